The molecule has 0 bridgehead atoms. The summed E-state index contributed by atoms with van der Waals surface area (Å²) in [4.78, 5) is 16.6. The van der Waals surface area contributed by atoms with E-state index in [2.05, 4.69) is 9.80 Å². The molecule has 0 unspecified atom stereocenters. The molecule has 3 rings (SSSR count). The summed E-state index contributed by atoms with van der Waals surface area (Å²) >= 11 is 0. The SMILES string of the molecule is CCOC(=O)C1CCC(OCN2CC[C@H](N3CCN(S(C)(=O)=O)CC3)C2)CC1. The van der Waals surface area contributed by atoms with Gasteiger partial charge in [-0.05, 0) is 39.0 Å². The van der Waals surface area contributed by atoms with Gasteiger partial charge in [-0.25, -0.2) is 8.42 Å². The van der Waals surface area contributed by atoms with E-state index in [9.17, 15) is 13.2 Å². The van der Waals surface area contributed by atoms with Crippen LogP contribution in [0.15, 0.2) is 0 Å². The van der Waals surface area contributed by atoms with Gasteiger partial charge in [0.15, 0.2) is 0 Å². The smallest absolute Gasteiger partial charge is 0.308 e. The molecule has 1 atom stereocenters. The van der Waals surface area contributed by atoms with Gasteiger partial charge >= 0.3 is 5.97 Å². The Morgan fingerprint density at radius 1 is 1.00 bits per heavy atom. The fraction of sp³-hybridized carbons (Fsp3) is 0.947. The van der Waals surface area contributed by atoms with Crippen LogP contribution in [0.2, 0.25) is 0 Å². The van der Waals surface area contributed by atoms with E-state index in [-0.39, 0.29) is 18.0 Å². The molecule has 9 heteroatoms. The van der Waals surface area contributed by atoms with Crippen molar-refractivity contribution in [2.75, 3.05) is 58.9 Å². The maximum Gasteiger partial charge on any atom is 0.308 e. The van der Waals surface area contributed by atoms with E-state index in [0.29, 0.717) is 32.5 Å². The van der Waals surface area contributed by atoms with E-state index in [1.807, 2.05) is 6.92 Å². The van der Waals surface area contributed by atoms with E-state index in [1.165, 1.54) is 6.26 Å². The fourth-order valence-electron chi connectivity index (χ4n) is 4.56. The molecule has 0 aromatic carbocycles. The Labute approximate surface area is 169 Å². The van der Waals surface area contributed by atoms with Gasteiger partial charge in [-0.3, -0.25) is 14.6 Å². The quantitative estimate of drug-likeness (QED) is 0.565. The van der Waals surface area contributed by atoms with E-state index in [0.717, 1.165) is 58.3 Å². The third-order valence-corrected chi connectivity index (χ3v) is 7.60. The zero-order valence-electron chi connectivity index (χ0n) is 17.2. The van der Waals surface area contributed by atoms with Crippen LogP contribution < -0.4 is 0 Å². The summed E-state index contributed by atoms with van der Waals surface area (Å²) in [6.45, 7) is 7.76. The van der Waals surface area contributed by atoms with Crippen LogP contribution in [0.4, 0.5) is 0 Å². The first-order valence-electron chi connectivity index (χ1n) is 10.6. The first kappa shape index (κ1) is 22.0. The summed E-state index contributed by atoms with van der Waals surface area (Å²) in [5, 5.41) is 0. The molecule has 0 aromatic heterocycles. The maximum absolute atomic E-state index is 11.8. The third-order valence-electron chi connectivity index (χ3n) is 6.29. The molecule has 2 saturated heterocycles. The highest BCUT2D eigenvalue weighted by molar-refractivity contribution is 7.88. The molecule has 0 spiro atoms. The molecule has 0 N–H and O–H groups in total. The van der Waals surface area contributed by atoms with Crippen molar-refractivity contribution in [1.29, 1.82) is 0 Å². The lowest BCUT2D eigenvalue weighted by Gasteiger charge is -2.37. The Bertz CT molecular complexity index is 613. The van der Waals surface area contributed by atoms with Gasteiger partial charge in [0.25, 0.3) is 0 Å². The van der Waals surface area contributed by atoms with Crippen molar-refractivity contribution in [1.82, 2.24) is 14.1 Å². The molecular formula is C19H35N3O5S. The van der Waals surface area contributed by atoms with Gasteiger partial charge in [0.1, 0.15) is 0 Å². The first-order valence-corrected chi connectivity index (χ1v) is 12.4. The molecule has 28 heavy (non-hydrogen) atoms. The van der Waals surface area contributed by atoms with E-state index in [1.54, 1.807) is 4.31 Å². The molecule has 0 aromatic rings. The highest BCUT2D eigenvalue weighted by atomic mass is 32.2. The minimum Gasteiger partial charge on any atom is -0.466 e. The number of nitrogens with zero attached hydrogens (tertiary/aromatic N) is 3. The van der Waals surface area contributed by atoms with Crippen LogP contribution >= 0.6 is 0 Å². The van der Waals surface area contributed by atoms with Crippen molar-refractivity contribution in [3.63, 3.8) is 0 Å². The minimum absolute atomic E-state index is 0.0431. The van der Waals surface area contributed by atoms with Crippen LogP contribution in [0.3, 0.4) is 0 Å². The summed E-state index contributed by atoms with van der Waals surface area (Å²) in [6.07, 6.45) is 6.20. The highest BCUT2D eigenvalue weighted by Gasteiger charge is 2.33. The largest absolute Gasteiger partial charge is 0.466 e. The van der Waals surface area contributed by atoms with E-state index >= 15 is 0 Å². The molecule has 8 nitrogen and oxygen atoms in total. The Balaban J connectivity index is 1.33. The van der Waals surface area contributed by atoms with Crippen molar-refractivity contribution >= 4 is 16.0 Å². The van der Waals surface area contributed by atoms with Crippen molar-refractivity contribution in [2.24, 2.45) is 5.92 Å². The number of carbonyl (C=O) groups excluding carboxylic acids is 1. The predicted octanol–water partition coefficient (Wildman–Crippen LogP) is 0.734. The predicted molar refractivity (Wildman–Crippen MR) is 106 cm³/mol. The second kappa shape index (κ2) is 9.84. The number of sulfonamides is 1. The van der Waals surface area contributed by atoms with E-state index in [4.69, 9.17) is 9.47 Å². The molecule has 1 aliphatic carbocycles. The van der Waals surface area contributed by atoms with Crippen molar-refractivity contribution in [2.45, 2.75) is 51.2 Å². The van der Waals surface area contributed by atoms with Gasteiger partial charge in [-0.1, -0.05) is 0 Å². The first-order chi connectivity index (χ1) is 13.4. The molecule has 3 fully saturated rings. The Morgan fingerprint density at radius 3 is 2.29 bits per heavy atom. The number of rotatable bonds is 7. The number of piperazine rings is 1. The van der Waals surface area contributed by atoms with Crippen molar-refractivity contribution in [3.8, 4) is 0 Å². The van der Waals surface area contributed by atoms with Crippen molar-refractivity contribution < 1.29 is 22.7 Å². The number of carbonyl (C=O) groups is 1. The average Bonchev–Trinajstić information content (AvgIpc) is 3.15. The number of likely N-dealkylation sites (tertiary alicyclic amines) is 1. The van der Waals surface area contributed by atoms with Gasteiger partial charge in [0.2, 0.25) is 10.0 Å². The van der Waals surface area contributed by atoms with Crippen LogP contribution in [0.5, 0.6) is 0 Å². The summed E-state index contributed by atoms with van der Waals surface area (Å²) in [5.41, 5.74) is 0. The lowest BCUT2D eigenvalue weighted by atomic mass is 9.87. The summed E-state index contributed by atoms with van der Waals surface area (Å²) in [6, 6.07) is 0.491. The van der Waals surface area contributed by atoms with Crippen LogP contribution in [0.1, 0.15) is 39.0 Å². The van der Waals surface area contributed by atoms with Crippen molar-refractivity contribution in [3.05, 3.63) is 0 Å². The van der Waals surface area contributed by atoms with Gasteiger partial charge < -0.3 is 9.47 Å². The number of hydrogen-bond donors (Lipinski definition) is 0. The topological polar surface area (TPSA) is 79.4 Å². The Kier molecular flexibility index (Phi) is 7.72. The number of hydrogen-bond acceptors (Lipinski definition) is 7. The molecule has 0 radical (unpaired) electrons. The van der Waals surface area contributed by atoms with Crippen LogP contribution in [0, 0.1) is 5.92 Å². The molecule has 3 aliphatic rings. The molecule has 2 aliphatic heterocycles. The Hall–Kier alpha value is -0.740. The highest BCUT2D eigenvalue weighted by Crippen LogP contribution is 2.28. The second-order valence-electron chi connectivity index (χ2n) is 8.24. The average molecular weight is 418 g/mol. The minimum atomic E-state index is -3.07. The lowest BCUT2D eigenvalue weighted by Crippen LogP contribution is -2.52. The normalized spacial score (nSPS) is 31.1. The summed E-state index contributed by atoms with van der Waals surface area (Å²) in [5.74, 6) is -0.0131. The summed E-state index contributed by atoms with van der Waals surface area (Å²) in [7, 11) is -3.07. The molecule has 1 saturated carbocycles. The number of ether oxygens (including phenoxy) is 2. The van der Waals surface area contributed by atoms with Crippen LogP contribution in [0.25, 0.3) is 0 Å². The van der Waals surface area contributed by atoms with Gasteiger partial charge in [-0.15, -0.1) is 0 Å². The summed E-state index contributed by atoms with van der Waals surface area (Å²) < 4.78 is 36.1. The maximum atomic E-state index is 11.8. The van der Waals surface area contributed by atoms with Crippen LogP contribution in [-0.2, 0) is 24.3 Å². The van der Waals surface area contributed by atoms with Gasteiger partial charge in [0.05, 0.1) is 31.6 Å². The fourth-order valence-corrected chi connectivity index (χ4v) is 5.39. The molecular weight excluding hydrogens is 382 g/mol. The lowest BCUT2D eigenvalue weighted by molar-refractivity contribution is -0.150. The van der Waals surface area contributed by atoms with E-state index < -0.39 is 10.0 Å². The number of esters is 1. The zero-order valence-corrected chi connectivity index (χ0v) is 18.0. The zero-order chi connectivity index (χ0) is 20.1. The molecule has 0 amide bonds. The van der Waals surface area contributed by atoms with Gasteiger partial charge in [0, 0.05) is 45.3 Å². The standard InChI is InChI=1S/C19H35N3O5S/c1-3-26-19(23)16-4-6-18(7-5-16)27-15-20-9-8-17(14-20)21-10-12-22(13-11-21)28(2,24)25/h16-18H,3-15H2,1-2H3/t16?,17-,18?/m0/s1. The third kappa shape index (κ3) is 5.89. The molecule has 2 heterocycles. The van der Waals surface area contributed by atoms with Gasteiger partial charge in [-0.2, -0.15) is 4.31 Å². The van der Waals surface area contributed by atoms with Crippen LogP contribution in [-0.4, -0.2) is 99.5 Å². The monoisotopic (exact) mass is 417 g/mol. The Morgan fingerprint density at radius 2 is 1.68 bits per heavy atom. The molecule has 162 valence electrons. The second-order valence-corrected chi connectivity index (χ2v) is 10.2.